The number of benzene rings is 1. The number of likely N-dealkylation sites (N-methyl/N-ethyl adjacent to an activating group) is 1. The first-order valence-electron chi connectivity index (χ1n) is 7.10. The van der Waals surface area contributed by atoms with Crippen molar-refractivity contribution < 1.29 is 4.74 Å². The normalized spacial score (nSPS) is 22.4. The molecule has 1 fully saturated rings. The Labute approximate surface area is 131 Å². The molecule has 1 aliphatic rings. The van der Waals surface area contributed by atoms with Crippen molar-refractivity contribution in [2.45, 2.75) is 25.3 Å². The predicted octanol–water partition coefficient (Wildman–Crippen LogP) is 3.43. The highest BCUT2D eigenvalue weighted by atomic mass is 35.5. The van der Waals surface area contributed by atoms with Crippen LogP contribution in [-0.4, -0.2) is 37.7 Å². The van der Waals surface area contributed by atoms with Gasteiger partial charge in [-0.2, -0.15) is 0 Å². The van der Waals surface area contributed by atoms with Gasteiger partial charge in [-0.15, -0.1) is 0 Å². The number of hydrogen-bond acceptors (Lipinski definition) is 3. The van der Waals surface area contributed by atoms with Crippen molar-refractivity contribution in [1.82, 2.24) is 4.90 Å². The molecule has 0 bridgehead atoms. The Balaban J connectivity index is 1.80. The van der Waals surface area contributed by atoms with Crippen LogP contribution in [0, 0.1) is 5.92 Å². The van der Waals surface area contributed by atoms with E-state index in [1.807, 2.05) is 6.07 Å². The van der Waals surface area contributed by atoms with Crippen LogP contribution in [0.5, 0.6) is 5.75 Å². The SMILES string of the molecule is CN(CCOc1ccc(Cl)cc1Cl)C1CCCC1CN. The van der Waals surface area contributed by atoms with Gasteiger partial charge in [-0.1, -0.05) is 29.6 Å². The van der Waals surface area contributed by atoms with Gasteiger partial charge in [0.1, 0.15) is 12.4 Å². The standard InChI is InChI=1S/C15H22Cl2N2O/c1-19(14-4-2-3-11(14)10-18)7-8-20-15-6-5-12(16)9-13(15)17/h5-6,9,11,14H,2-4,7-8,10,18H2,1H3. The highest BCUT2D eigenvalue weighted by Crippen LogP contribution is 2.29. The number of halogens is 2. The first kappa shape index (κ1) is 15.9. The molecule has 2 N–H and O–H groups in total. The monoisotopic (exact) mass is 316 g/mol. The van der Waals surface area contributed by atoms with Crippen molar-refractivity contribution in [2.24, 2.45) is 11.7 Å². The van der Waals surface area contributed by atoms with Gasteiger partial charge in [-0.25, -0.2) is 0 Å². The molecule has 0 aliphatic heterocycles. The summed E-state index contributed by atoms with van der Waals surface area (Å²) >= 11 is 11.9. The van der Waals surface area contributed by atoms with E-state index < -0.39 is 0 Å². The summed E-state index contributed by atoms with van der Waals surface area (Å²) < 4.78 is 5.73. The molecule has 0 radical (unpaired) electrons. The topological polar surface area (TPSA) is 38.5 Å². The molecule has 5 heteroatoms. The van der Waals surface area contributed by atoms with Crippen molar-refractivity contribution in [1.29, 1.82) is 0 Å². The fraction of sp³-hybridized carbons (Fsp3) is 0.600. The molecule has 1 saturated carbocycles. The van der Waals surface area contributed by atoms with E-state index in [4.69, 9.17) is 33.7 Å². The summed E-state index contributed by atoms with van der Waals surface area (Å²) in [5.41, 5.74) is 5.83. The second kappa shape index (κ2) is 7.51. The van der Waals surface area contributed by atoms with Crippen LogP contribution in [0.15, 0.2) is 18.2 Å². The van der Waals surface area contributed by atoms with E-state index in [0.717, 1.165) is 13.1 Å². The maximum Gasteiger partial charge on any atom is 0.138 e. The summed E-state index contributed by atoms with van der Waals surface area (Å²) in [6, 6.07) is 5.88. The van der Waals surface area contributed by atoms with Crippen molar-refractivity contribution in [3.8, 4) is 5.75 Å². The van der Waals surface area contributed by atoms with Gasteiger partial charge in [0.2, 0.25) is 0 Å². The summed E-state index contributed by atoms with van der Waals surface area (Å²) in [4.78, 5) is 2.36. The summed E-state index contributed by atoms with van der Waals surface area (Å²) in [7, 11) is 2.14. The summed E-state index contributed by atoms with van der Waals surface area (Å²) in [5, 5.41) is 1.18. The second-order valence-corrected chi connectivity index (χ2v) is 6.24. The Hall–Kier alpha value is -0.480. The zero-order valence-corrected chi connectivity index (χ0v) is 13.3. The Morgan fingerprint density at radius 2 is 2.15 bits per heavy atom. The lowest BCUT2D eigenvalue weighted by atomic mass is 10.0. The lowest BCUT2D eigenvalue weighted by molar-refractivity contribution is 0.165. The predicted molar refractivity (Wildman–Crippen MR) is 84.8 cm³/mol. The van der Waals surface area contributed by atoms with Crippen molar-refractivity contribution in [3.05, 3.63) is 28.2 Å². The third-order valence-electron chi connectivity index (χ3n) is 4.08. The van der Waals surface area contributed by atoms with E-state index in [1.54, 1.807) is 12.1 Å². The molecule has 0 heterocycles. The number of hydrogen-bond donors (Lipinski definition) is 1. The fourth-order valence-corrected chi connectivity index (χ4v) is 3.39. The number of ether oxygens (including phenoxy) is 1. The molecule has 0 spiro atoms. The lowest BCUT2D eigenvalue weighted by Crippen LogP contribution is -2.39. The van der Waals surface area contributed by atoms with Crippen LogP contribution < -0.4 is 10.5 Å². The Morgan fingerprint density at radius 3 is 2.85 bits per heavy atom. The van der Waals surface area contributed by atoms with Crippen molar-refractivity contribution >= 4 is 23.2 Å². The zero-order chi connectivity index (χ0) is 14.5. The van der Waals surface area contributed by atoms with Crippen LogP contribution in [0.3, 0.4) is 0 Å². The highest BCUT2D eigenvalue weighted by Gasteiger charge is 2.28. The third-order valence-corrected chi connectivity index (χ3v) is 4.61. The van der Waals surface area contributed by atoms with Crippen LogP contribution >= 0.6 is 23.2 Å². The van der Waals surface area contributed by atoms with Gasteiger partial charge >= 0.3 is 0 Å². The summed E-state index contributed by atoms with van der Waals surface area (Å²) in [6.07, 6.45) is 3.76. The van der Waals surface area contributed by atoms with Crippen molar-refractivity contribution in [3.63, 3.8) is 0 Å². The fourth-order valence-electron chi connectivity index (χ4n) is 2.93. The van der Waals surface area contributed by atoms with Crippen molar-refractivity contribution in [2.75, 3.05) is 26.7 Å². The molecule has 2 atom stereocenters. The van der Waals surface area contributed by atoms with E-state index in [1.165, 1.54) is 19.3 Å². The molecule has 0 saturated heterocycles. The molecule has 2 rings (SSSR count). The largest absolute Gasteiger partial charge is 0.491 e. The van der Waals surface area contributed by atoms with Crippen LogP contribution in [0.4, 0.5) is 0 Å². The van der Waals surface area contributed by atoms with Crippen LogP contribution in [0.2, 0.25) is 10.0 Å². The van der Waals surface area contributed by atoms with Gasteiger partial charge in [0.15, 0.2) is 0 Å². The van der Waals surface area contributed by atoms with Crippen LogP contribution in [0.25, 0.3) is 0 Å². The molecule has 0 aromatic heterocycles. The Bertz CT molecular complexity index is 442. The molecule has 1 aromatic rings. The lowest BCUT2D eigenvalue weighted by Gasteiger charge is -2.29. The third kappa shape index (κ3) is 4.01. The molecule has 3 nitrogen and oxygen atoms in total. The quantitative estimate of drug-likeness (QED) is 0.873. The van der Waals surface area contributed by atoms with Crippen LogP contribution in [0.1, 0.15) is 19.3 Å². The number of nitrogens with two attached hydrogens (primary N) is 1. The molecule has 0 amide bonds. The molecular formula is C15H22Cl2N2O. The maximum atomic E-state index is 6.08. The Kier molecular flexibility index (Phi) is 5.97. The number of nitrogens with zero attached hydrogens (tertiary/aromatic N) is 1. The van der Waals surface area contributed by atoms with Gasteiger partial charge in [0.25, 0.3) is 0 Å². The van der Waals surface area contributed by atoms with E-state index in [2.05, 4.69) is 11.9 Å². The van der Waals surface area contributed by atoms with Gasteiger partial charge in [0.05, 0.1) is 5.02 Å². The first-order chi connectivity index (χ1) is 9.61. The van der Waals surface area contributed by atoms with Crippen LogP contribution in [-0.2, 0) is 0 Å². The maximum absolute atomic E-state index is 6.08. The average molecular weight is 317 g/mol. The van der Waals surface area contributed by atoms with E-state index >= 15 is 0 Å². The minimum absolute atomic E-state index is 0.556. The number of rotatable bonds is 6. The van der Waals surface area contributed by atoms with Gasteiger partial charge < -0.3 is 10.5 Å². The van der Waals surface area contributed by atoms with E-state index in [0.29, 0.717) is 34.4 Å². The zero-order valence-electron chi connectivity index (χ0n) is 11.8. The Morgan fingerprint density at radius 1 is 1.35 bits per heavy atom. The van der Waals surface area contributed by atoms with E-state index in [9.17, 15) is 0 Å². The van der Waals surface area contributed by atoms with Gasteiger partial charge in [-0.05, 0) is 50.6 Å². The smallest absolute Gasteiger partial charge is 0.138 e. The van der Waals surface area contributed by atoms with Gasteiger partial charge in [0, 0.05) is 17.6 Å². The molecule has 112 valence electrons. The first-order valence-corrected chi connectivity index (χ1v) is 7.85. The minimum atomic E-state index is 0.556. The summed E-state index contributed by atoms with van der Waals surface area (Å²) in [6.45, 7) is 2.27. The molecule has 20 heavy (non-hydrogen) atoms. The molecule has 1 aliphatic carbocycles. The average Bonchev–Trinajstić information content (AvgIpc) is 2.89. The highest BCUT2D eigenvalue weighted by molar-refractivity contribution is 6.35. The second-order valence-electron chi connectivity index (χ2n) is 5.40. The molecule has 1 aromatic carbocycles. The minimum Gasteiger partial charge on any atom is -0.491 e. The summed E-state index contributed by atoms with van der Waals surface area (Å²) in [5.74, 6) is 1.31. The molecular weight excluding hydrogens is 295 g/mol. The molecule has 2 unspecified atom stereocenters. The van der Waals surface area contributed by atoms with E-state index in [-0.39, 0.29) is 0 Å². The van der Waals surface area contributed by atoms with Gasteiger partial charge in [-0.3, -0.25) is 4.90 Å².